The predicted molar refractivity (Wildman–Crippen MR) is 114 cm³/mol. The SMILES string of the molecule is Cc1nc(C2CCCCN2S(=O)(=O)c2cn(C)cn2)nc2c1CCCN2CC1CC1. The van der Waals surface area contributed by atoms with Gasteiger partial charge in [-0.15, -0.1) is 0 Å². The summed E-state index contributed by atoms with van der Waals surface area (Å²) in [6, 6.07) is -0.334. The van der Waals surface area contributed by atoms with Gasteiger partial charge in [0.2, 0.25) is 0 Å². The molecule has 0 bridgehead atoms. The lowest BCUT2D eigenvalue weighted by molar-refractivity contribution is 0.245. The number of fused-ring (bicyclic) bond motifs is 1. The van der Waals surface area contributed by atoms with E-state index in [9.17, 15) is 8.42 Å². The second-order valence-corrected chi connectivity index (χ2v) is 10.8. The van der Waals surface area contributed by atoms with Gasteiger partial charge in [0, 0.05) is 44.1 Å². The summed E-state index contributed by atoms with van der Waals surface area (Å²) in [5.74, 6) is 2.47. The molecule has 0 spiro atoms. The summed E-state index contributed by atoms with van der Waals surface area (Å²) < 4.78 is 30.0. The zero-order valence-corrected chi connectivity index (χ0v) is 18.6. The van der Waals surface area contributed by atoms with Gasteiger partial charge in [-0.05, 0) is 51.4 Å². The largest absolute Gasteiger partial charge is 0.356 e. The Hall–Kier alpha value is -2.00. The lowest BCUT2D eigenvalue weighted by Crippen LogP contribution is -2.40. The Bertz CT molecular complexity index is 1050. The maximum atomic E-state index is 13.4. The highest BCUT2D eigenvalue weighted by Gasteiger charge is 2.38. The smallest absolute Gasteiger partial charge is 0.262 e. The molecule has 1 unspecified atom stereocenters. The molecule has 3 aliphatic rings. The van der Waals surface area contributed by atoms with Crippen molar-refractivity contribution in [2.45, 2.75) is 62.9 Å². The van der Waals surface area contributed by atoms with Crippen molar-refractivity contribution in [3.05, 3.63) is 29.6 Å². The Morgan fingerprint density at radius 3 is 2.67 bits per heavy atom. The van der Waals surface area contributed by atoms with Gasteiger partial charge in [-0.2, -0.15) is 4.31 Å². The highest BCUT2D eigenvalue weighted by Crippen LogP contribution is 2.38. The molecule has 1 saturated carbocycles. The molecule has 0 amide bonds. The van der Waals surface area contributed by atoms with E-state index in [0.717, 1.165) is 62.6 Å². The molecule has 2 aromatic rings. The Balaban J connectivity index is 1.52. The maximum Gasteiger partial charge on any atom is 0.262 e. The van der Waals surface area contributed by atoms with Crippen LogP contribution in [0.25, 0.3) is 0 Å². The van der Waals surface area contributed by atoms with Crippen molar-refractivity contribution in [1.29, 1.82) is 0 Å². The minimum absolute atomic E-state index is 0.0990. The van der Waals surface area contributed by atoms with E-state index < -0.39 is 10.0 Å². The van der Waals surface area contributed by atoms with Crippen molar-refractivity contribution in [1.82, 2.24) is 23.8 Å². The van der Waals surface area contributed by atoms with Crippen molar-refractivity contribution in [2.24, 2.45) is 13.0 Å². The number of anilines is 1. The van der Waals surface area contributed by atoms with Gasteiger partial charge < -0.3 is 9.47 Å². The van der Waals surface area contributed by atoms with Crippen molar-refractivity contribution in [2.75, 3.05) is 24.5 Å². The minimum atomic E-state index is -3.69. The van der Waals surface area contributed by atoms with Crippen LogP contribution in [0, 0.1) is 12.8 Å². The second kappa shape index (κ2) is 7.60. The van der Waals surface area contributed by atoms with Crippen LogP contribution in [0.3, 0.4) is 0 Å². The number of sulfonamides is 1. The van der Waals surface area contributed by atoms with Crippen LogP contribution in [0.4, 0.5) is 5.82 Å². The highest BCUT2D eigenvalue weighted by molar-refractivity contribution is 7.89. The van der Waals surface area contributed by atoms with Gasteiger partial charge in [-0.3, -0.25) is 0 Å². The quantitative estimate of drug-likeness (QED) is 0.725. The average molecular weight is 431 g/mol. The molecule has 0 N–H and O–H groups in total. The molecule has 2 fully saturated rings. The summed E-state index contributed by atoms with van der Waals surface area (Å²) in [4.78, 5) is 16.4. The predicted octanol–water partition coefficient (Wildman–Crippen LogP) is 2.60. The standard InChI is InChI=1S/C21H30N6O2S/c1-15-17-6-5-10-26(12-16-8-9-16)21(17)24-20(23-15)18-7-3-4-11-27(18)30(28,29)19-13-25(2)14-22-19/h13-14,16,18H,3-12H2,1-2H3. The third kappa shape index (κ3) is 3.62. The number of aryl methyl sites for hydroxylation is 2. The van der Waals surface area contributed by atoms with Gasteiger partial charge >= 0.3 is 0 Å². The van der Waals surface area contributed by atoms with Gasteiger partial charge in [0.15, 0.2) is 5.03 Å². The van der Waals surface area contributed by atoms with Crippen LogP contribution in [-0.4, -0.2) is 51.9 Å². The molecule has 8 nitrogen and oxygen atoms in total. The summed E-state index contributed by atoms with van der Waals surface area (Å²) in [5, 5.41) is 0.0990. The zero-order valence-electron chi connectivity index (χ0n) is 17.8. The first-order valence-corrected chi connectivity index (χ1v) is 12.5. The number of hydrogen-bond donors (Lipinski definition) is 0. The summed E-state index contributed by atoms with van der Waals surface area (Å²) in [5.41, 5.74) is 2.23. The van der Waals surface area contributed by atoms with Crippen molar-refractivity contribution in [3.63, 3.8) is 0 Å². The lowest BCUT2D eigenvalue weighted by atomic mass is 10.0. The molecule has 1 aliphatic carbocycles. The first-order chi connectivity index (χ1) is 14.4. The van der Waals surface area contributed by atoms with Gasteiger partial charge in [0.05, 0.1) is 12.4 Å². The summed E-state index contributed by atoms with van der Waals surface area (Å²) in [6.07, 6.45) is 10.4. The molecule has 0 radical (unpaired) electrons. The van der Waals surface area contributed by atoms with Crippen molar-refractivity contribution < 1.29 is 8.42 Å². The highest BCUT2D eigenvalue weighted by atomic mass is 32.2. The minimum Gasteiger partial charge on any atom is -0.356 e. The Labute approximate surface area is 178 Å². The van der Waals surface area contributed by atoms with Crippen molar-refractivity contribution in [3.8, 4) is 0 Å². The van der Waals surface area contributed by atoms with Gasteiger partial charge in [-0.1, -0.05) is 6.42 Å². The van der Waals surface area contributed by atoms with Crippen LogP contribution in [0.1, 0.15) is 61.6 Å². The molecule has 9 heteroatoms. The molecule has 2 aliphatic heterocycles. The molecule has 1 saturated heterocycles. The van der Waals surface area contributed by atoms with Crippen LogP contribution >= 0.6 is 0 Å². The molecule has 4 heterocycles. The van der Waals surface area contributed by atoms with Crippen LogP contribution in [-0.2, 0) is 23.5 Å². The topological polar surface area (TPSA) is 84.2 Å². The number of nitrogens with zero attached hydrogens (tertiary/aromatic N) is 6. The monoisotopic (exact) mass is 430 g/mol. The molecule has 30 heavy (non-hydrogen) atoms. The van der Waals surface area contributed by atoms with E-state index in [-0.39, 0.29) is 11.1 Å². The molecule has 5 rings (SSSR count). The average Bonchev–Trinajstić information content (AvgIpc) is 3.44. The van der Waals surface area contributed by atoms with Gasteiger partial charge in [0.1, 0.15) is 11.6 Å². The number of hydrogen-bond acceptors (Lipinski definition) is 6. The number of imidazole rings is 1. The van der Waals surface area contributed by atoms with Crippen LogP contribution in [0.2, 0.25) is 0 Å². The first-order valence-electron chi connectivity index (χ1n) is 11.1. The lowest BCUT2D eigenvalue weighted by Gasteiger charge is -2.35. The van der Waals surface area contributed by atoms with E-state index in [1.165, 1.54) is 24.7 Å². The second-order valence-electron chi connectivity index (χ2n) is 8.97. The summed E-state index contributed by atoms with van der Waals surface area (Å²) in [6.45, 7) is 4.61. The molecule has 162 valence electrons. The van der Waals surface area contributed by atoms with Crippen LogP contribution < -0.4 is 4.90 Å². The first kappa shape index (κ1) is 19.9. The fourth-order valence-corrected chi connectivity index (χ4v) is 6.37. The third-order valence-electron chi connectivity index (χ3n) is 6.55. The number of rotatable bonds is 5. The Kier molecular flexibility index (Phi) is 5.05. The Morgan fingerprint density at radius 1 is 1.10 bits per heavy atom. The van der Waals surface area contributed by atoms with Crippen LogP contribution in [0.15, 0.2) is 17.6 Å². The normalized spacial score (nSPS) is 22.9. The summed E-state index contributed by atoms with van der Waals surface area (Å²) in [7, 11) is -1.91. The maximum absolute atomic E-state index is 13.4. The summed E-state index contributed by atoms with van der Waals surface area (Å²) >= 11 is 0. The van der Waals surface area contributed by atoms with E-state index in [2.05, 4.69) is 9.88 Å². The fraction of sp³-hybridized carbons (Fsp3) is 0.667. The zero-order chi connectivity index (χ0) is 20.9. The number of aromatic nitrogens is 4. The fourth-order valence-electron chi connectivity index (χ4n) is 4.74. The molecular weight excluding hydrogens is 400 g/mol. The molecular formula is C21H30N6O2S. The van der Waals surface area contributed by atoms with E-state index in [0.29, 0.717) is 12.4 Å². The van der Waals surface area contributed by atoms with E-state index >= 15 is 0 Å². The number of piperidine rings is 1. The molecule has 0 aromatic carbocycles. The van der Waals surface area contributed by atoms with E-state index in [1.807, 2.05) is 6.92 Å². The molecule has 1 atom stereocenters. The van der Waals surface area contributed by atoms with Crippen molar-refractivity contribution >= 4 is 15.8 Å². The third-order valence-corrected chi connectivity index (χ3v) is 8.34. The molecule has 2 aromatic heterocycles. The van der Waals surface area contributed by atoms with E-state index in [4.69, 9.17) is 9.97 Å². The van der Waals surface area contributed by atoms with Gasteiger partial charge in [0.25, 0.3) is 10.0 Å². The van der Waals surface area contributed by atoms with Gasteiger partial charge in [-0.25, -0.2) is 23.4 Å². The Morgan fingerprint density at radius 2 is 1.93 bits per heavy atom. The van der Waals surface area contributed by atoms with Crippen LogP contribution in [0.5, 0.6) is 0 Å². The van der Waals surface area contributed by atoms with E-state index in [1.54, 1.807) is 22.1 Å².